The number of amides is 1. The van der Waals surface area contributed by atoms with Gasteiger partial charge in [0.05, 0.1) is 11.7 Å². The van der Waals surface area contributed by atoms with E-state index in [4.69, 9.17) is 4.74 Å². The van der Waals surface area contributed by atoms with Crippen LogP contribution >= 0.6 is 23.1 Å². The molecule has 2 heterocycles. The number of ether oxygens (including phenoxy) is 1. The first-order chi connectivity index (χ1) is 13.8. The zero-order valence-electron chi connectivity index (χ0n) is 16.1. The highest BCUT2D eigenvalue weighted by molar-refractivity contribution is 7.99. The molecule has 1 saturated heterocycles. The molecular formula is C21H27N3O2S2. The minimum atomic E-state index is -0.115. The molecule has 1 unspecified atom stereocenters. The highest BCUT2D eigenvalue weighted by Crippen LogP contribution is 2.30. The van der Waals surface area contributed by atoms with Crippen LogP contribution in [0.4, 0.5) is 5.13 Å². The number of thioether (sulfide) groups is 1. The number of nitrogens with one attached hydrogen (secondary N) is 1. The van der Waals surface area contributed by atoms with Crippen molar-refractivity contribution in [3.8, 4) is 0 Å². The van der Waals surface area contributed by atoms with E-state index in [0.29, 0.717) is 16.8 Å². The Morgan fingerprint density at radius 1 is 1.14 bits per heavy atom. The zero-order chi connectivity index (χ0) is 19.2. The number of hydrogen-bond acceptors (Lipinski definition) is 6. The Morgan fingerprint density at radius 2 is 2.00 bits per heavy atom. The van der Waals surface area contributed by atoms with Crippen LogP contribution in [0.5, 0.6) is 0 Å². The quantitative estimate of drug-likeness (QED) is 0.629. The fourth-order valence-electron chi connectivity index (χ4n) is 3.93. The minimum Gasteiger partial charge on any atom is -0.377 e. The van der Waals surface area contributed by atoms with Crippen LogP contribution in [0.25, 0.3) is 0 Å². The van der Waals surface area contributed by atoms with Gasteiger partial charge in [0.15, 0.2) is 0 Å². The molecule has 1 aromatic carbocycles. The van der Waals surface area contributed by atoms with Crippen molar-refractivity contribution < 1.29 is 9.53 Å². The van der Waals surface area contributed by atoms with E-state index in [1.165, 1.54) is 43.4 Å². The maximum absolute atomic E-state index is 12.8. The average molecular weight is 418 g/mol. The molecule has 28 heavy (non-hydrogen) atoms. The Hall–Kier alpha value is -1.44. The predicted molar refractivity (Wildman–Crippen MR) is 114 cm³/mol. The standard InChI is InChI=1S/C21H27N3O2S2/c25-20(17-10-4-5-11-18(17)27-14-16-9-6-12-26-16)22-21-24-23-19(28-21)13-15-7-2-1-3-8-15/h4-5,10-11,15-16H,1-3,6-9,12-14H2,(H,22,24,25). The number of rotatable bonds is 7. The SMILES string of the molecule is O=C(Nc1nnc(CC2CCCCC2)s1)c1ccccc1SCC1CCCO1. The van der Waals surface area contributed by atoms with Crippen LogP contribution in [0, 0.1) is 5.92 Å². The summed E-state index contributed by atoms with van der Waals surface area (Å²) in [4.78, 5) is 13.8. The summed E-state index contributed by atoms with van der Waals surface area (Å²) < 4.78 is 5.70. The molecule has 2 fully saturated rings. The first-order valence-corrected chi connectivity index (χ1v) is 12.1. The third-order valence-electron chi connectivity index (χ3n) is 5.46. The van der Waals surface area contributed by atoms with Gasteiger partial charge in [0.25, 0.3) is 5.91 Å². The third kappa shape index (κ3) is 5.33. The molecule has 4 rings (SSSR count). The molecule has 0 spiro atoms. The molecular weight excluding hydrogens is 390 g/mol. The summed E-state index contributed by atoms with van der Waals surface area (Å²) in [5.74, 6) is 1.49. The molecule has 0 bridgehead atoms. The summed E-state index contributed by atoms with van der Waals surface area (Å²) in [5, 5.41) is 13.1. The number of benzene rings is 1. The van der Waals surface area contributed by atoms with Gasteiger partial charge < -0.3 is 4.74 Å². The third-order valence-corrected chi connectivity index (χ3v) is 7.52. The first-order valence-electron chi connectivity index (χ1n) is 10.2. The van der Waals surface area contributed by atoms with Crippen molar-refractivity contribution in [2.24, 2.45) is 5.92 Å². The van der Waals surface area contributed by atoms with Crippen molar-refractivity contribution in [2.45, 2.75) is 62.4 Å². The molecule has 5 nitrogen and oxygen atoms in total. The van der Waals surface area contributed by atoms with Crippen molar-refractivity contribution in [1.82, 2.24) is 10.2 Å². The monoisotopic (exact) mass is 417 g/mol. The summed E-state index contributed by atoms with van der Waals surface area (Å²) in [6.45, 7) is 0.855. The van der Waals surface area contributed by atoms with E-state index < -0.39 is 0 Å². The fraction of sp³-hybridized carbons (Fsp3) is 0.571. The molecule has 150 valence electrons. The maximum atomic E-state index is 12.8. The van der Waals surface area contributed by atoms with Gasteiger partial charge in [-0.15, -0.1) is 22.0 Å². The van der Waals surface area contributed by atoms with E-state index >= 15 is 0 Å². The Labute approximate surface area is 174 Å². The maximum Gasteiger partial charge on any atom is 0.258 e. The van der Waals surface area contributed by atoms with Crippen molar-refractivity contribution in [1.29, 1.82) is 0 Å². The van der Waals surface area contributed by atoms with Gasteiger partial charge in [-0.1, -0.05) is 55.6 Å². The van der Waals surface area contributed by atoms with Gasteiger partial charge in [0, 0.05) is 23.7 Å². The van der Waals surface area contributed by atoms with Crippen LogP contribution in [-0.2, 0) is 11.2 Å². The molecule has 1 amide bonds. The lowest BCUT2D eigenvalue weighted by Gasteiger charge is -2.19. The lowest BCUT2D eigenvalue weighted by atomic mass is 9.87. The second kappa shape index (κ2) is 9.85. The van der Waals surface area contributed by atoms with Gasteiger partial charge in [-0.3, -0.25) is 10.1 Å². The fourth-order valence-corrected chi connectivity index (χ4v) is 5.90. The number of aromatic nitrogens is 2. The Balaban J connectivity index is 1.35. The molecule has 2 aliphatic rings. The van der Waals surface area contributed by atoms with E-state index in [2.05, 4.69) is 15.5 Å². The van der Waals surface area contributed by atoms with Crippen molar-refractivity contribution in [3.63, 3.8) is 0 Å². The van der Waals surface area contributed by atoms with Gasteiger partial charge in [-0.05, 0) is 30.9 Å². The van der Waals surface area contributed by atoms with E-state index in [-0.39, 0.29) is 5.91 Å². The van der Waals surface area contributed by atoms with E-state index in [0.717, 1.165) is 47.4 Å². The number of carbonyl (C=O) groups excluding carboxylic acids is 1. The van der Waals surface area contributed by atoms with E-state index in [9.17, 15) is 4.79 Å². The summed E-state index contributed by atoms with van der Waals surface area (Å²) in [6, 6.07) is 7.75. The van der Waals surface area contributed by atoms with Crippen LogP contribution in [0.2, 0.25) is 0 Å². The van der Waals surface area contributed by atoms with E-state index in [1.54, 1.807) is 11.8 Å². The Bertz CT molecular complexity index is 783. The normalized spacial score (nSPS) is 20.4. The average Bonchev–Trinajstić information content (AvgIpc) is 3.39. The second-order valence-corrected chi connectivity index (χ2v) is 9.73. The van der Waals surface area contributed by atoms with E-state index in [1.807, 2.05) is 24.3 Å². The largest absolute Gasteiger partial charge is 0.377 e. The molecule has 0 radical (unpaired) electrons. The van der Waals surface area contributed by atoms with Gasteiger partial charge in [-0.2, -0.15) is 0 Å². The van der Waals surface area contributed by atoms with Crippen molar-refractivity contribution >= 4 is 34.1 Å². The molecule has 1 N–H and O–H groups in total. The van der Waals surface area contributed by atoms with Gasteiger partial charge >= 0.3 is 0 Å². The number of carbonyl (C=O) groups is 1. The van der Waals surface area contributed by atoms with Crippen molar-refractivity contribution in [3.05, 3.63) is 34.8 Å². The molecule has 1 atom stereocenters. The molecule has 7 heteroatoms. The Morgan fingerprint density at radius 3 is 2.82 bits per heavy atom. The lowest BCUT2D eigenvalue weighted by Crippen LogP contribution is -2.14. The molecule has 1 aliphatic heterocycles. The van der Waals surface area contributed by atoms with Crippen molar-refractivity contribution in [2.75, 3.05) is 17.7 Å². The highest BCUT2D eigenvalue weighted by Gasteiger charge is 2.20. The zero-order valence-corrected chi connectivity index (χ0v) is 17.7. The first kappa shape index (κ1) is 19.9. The summed E-state index contributed by atoms with van der Waals surface area (Å²) >= 11 is 3.20. The van der Waals surface area contributed by atoms with Crippen LogP contribution in [-0.4, -0.2) is 34.6 Å². The Kier molecular flexibility index (Phi) is 6.99. The van der Waals surface area contributed by atoms with Crippen LogP contribution in [0.1, 0.15) is 60.3 Å². The van der Waals surface area contributed by atoms with Gasteiger partial charge in [0.2, 0.25) is 5.13 Å². The smallest absolute Gasteiger partial charge is 0.258 e. The number of anilines is 1. The summed E-state index contributed by atoms with van der Waals surface area (Å²) in [7, 11) is 0. The lowest BCUT2D eigenvalue weighted by molar-refractivity contribution is 0.102. The number of nitrogens with zero attached hydrogens (tertiary/aromatic N) is 2. The minimum absolute atomic E-state index is 0.115. The van der Waals surface area contributed by atoms with Crippen LogP contribution in [0.3, 0.4) is 0 Å². The van der Waals surface area contributed by atoms with Gasteiger partial charge in [-0.25, -0.2) is 0 Å². The van der Waals surface area contributed by atoms with Crippen LogP contribution < -0.4 is 5.32 Å². The molecule has 2 aromatic rings. The topological polar surface area (TPSA) is 64.1 Å². The summed E-state index contributed by atoms with van der Waals surface area (Å²) in [5.41, 5.74) is 0.689. The molecule has 1 aliphatic carbocycles. The molecule has 1 aromatic heterocycles. The second-order valence-electron chi connectivity index (χ2n) is 7.61. The van der Waals surface area contributed by atoms with Crippen LogP contribution in [0.15, 0.2) is 29.2 Å². The number of hydrogen-bond donors (Lipinski definition) is 1. The highest BCUT2D eigenvalue weighted by atomic mass is 32.2. The van der Waals surface area contributed by atoms with Gasteiger partial charge in [0.1, 0.15) is 5.01 Å². The molecule has 1 saturated carbocycles. The predicted octanol–water partition coefficient (Wildman–Crippen LogP) is 5.18. The summed E-state index contributed by atoms with van der Waals surface area (Å²) in [6.07, 6.45) is 10.1.